The van der Waals surface area contributed by atoms with Crippen molar-refractivity contribution in [1.29, 1.82) is 0 Å². The minimum atomic E-state index is -0.133. The van der Waals surface area contributed by atoms with Gasteiger partial charge in [-0.15, -0.1) is 10.2 Å². The van der Waals surface area contributed by atoms with Gasteiger partial charge in [-0.1, -0.05) is 35.9 Å². The molecular weight excluding hydrogens is 354 g/mol. The number of carbonyl (C=O) groups excluding carboxylic acids is 1. The Hall–Kier alpha value is -2.86. The van der Waals surface area contributed by atoms with E-state index in [2.05, 4.69) is 15.5 Å². The molecule has 0 fully saturated rings. The molecule has 2 aromatic carbocycles. The second kappa shape index (κ2) is 8.49. The normalized spacial score (nSPS) is 10.5. The lowest BCUT2D eigenvalue weighted by Crippen LogP contribution is -2.24. The molecule has 0 radical (unpaired) electrons. The number of aromatic nitrogens is 2. The molecule has 3 aromatic rings. The summed E-state index contributed by atoms with van der Waals surface area (Å²) in [5, 5.41) is 11.2. The highest BCUT2D eigenvalue weighted by molar-refractivity contribution is 6.33. The standard InChI is InChI=1S/C19H18ClN3O3/c1-2-25-14-9-7-13(8-10-14)11-17(24)21-12-18-22-23-19(26-18)15-5-3-4-6-16(15)20/h3-10H,2,11-12H2,1H3,(H,21,24). The summed E-state index contributed by atoms with van der Waals surface area (Å²) in [6.45, 7) is 2.70. The number of ether oxygens (including phenoxy) is 1. The molecule has 6 nitrogen and oxygen atoms in total. The number of halogens is 1. The number of hydrogen-bond acceptors (Lipinski definition) is 5. The molecule has 0 spiro atoms. The van der Waals surface area contributed by atoms with E-state index in [0.717, 1.165) is 11.3 Å². The molecule has 26 heavy (non-hydrogen) atoms. The predicted molar refractivity (Wildman–Crippen MR) is 97.9 cm³/mol. The van der Waals surface area contributed by atoms with E-state index in [1.807, 2.05) is 43.3 Å². The Balaban J connectivity index is 1.54. The van der Waals surface area contributed by atoms with E-state index >= 15 is 0 Å². The lowest BCUT2D eigenvalue weighted by Gasteiger charge is -2.05. The zero-order valence-electron chi connectivity index (χ0n) is 14.2. The smallest absolute Gasteiger partial charge is 0.249 e. The van der Waals surface area contributed by atoms with Gasteiger partial charge in [0.25, 0.3) is 0 Å². The van der Waals surface area contributed by atoms with Gasteiger partial charge in [0.2, 0.25) is 17.7 Å². The molecule has 0 unspecified atom stereocenters. The lowest BCUT2D eigenvalue weighted by atomic mass is 10.1. The molecular formula is C19H18ClN3O3. The summed E-state index contributed by atoms with van der Waals surface area (Å²) in [5.41, 5.74) is 1.56. The van der Waals surface area contributed by atoms with E-state index < -0.39 is 0 Å². The molecule has 1 aromatic heterocycles. The summed E-state index contributed by atoms with van der Waals surface area (Å²) in [4.78, 5) is 12.1. The van der Waals surface area contributed by atoms with Crippen molar-refractivity contribution in [3.8, 4) is 17.2 Å². The van der Waals surface area contributed by atoms with Crippen LogP contribution in [0.3, 0.4) is 0 Å². The molecule has 0 aliphatic heterocycles. The van der Waals surface area contributed by atoms with Gasteiger partial charge in [0.15, 0.2) is 0 Å². The molecule has 0 saturated heterocycles. The Labute approximate surface area is 156 Å². The molecule has 1 amide bonds. The molecule has 0 aliphatic carbocycles. The van der Waals surface area contributed by atoms with Crippen LogP contribution in [-0.4, -0.2) is 22.7 Å². The molecule has 7 heteroatoms. The number of hydrogen-bond donors (Lipinski definition) is 1. The van der Waals surface area contributed by atoms with Gasteiger partial charge in [-0.25, -0.2) is 0 Å². The van der Waals surface area contributed by atoms with Crippen molar-refractivity contribution in [3.05, 3.63) is 65.0 Å². The van der Waals surface area contributed by atoms with Crippen molar-refractivity contribution in [3.63, 3.8) is 0 Å². The van der Waals surface area contributed by atoms with E-state index in [4.69, 9.17) is 20.8 Å². The molecule has 1 heterocycles. The number of nitrogens with one attached hydrogen (secondary N) is 1. The van der Waals surface area contributed by atoms with Gasteiger partial charge in [0.1, 0.15) is 5.75 Å². The fourth-order valence-corrected chi connectivity index (χ4v) is 2.58. The van der Waals surface area contributed by atoms with E-state index in [0.29, 0.717) is 29.0 Å². The molecule has 0 bridgehead atoms. The maximum atomic E-state index is 12.1. The van der Waals surface area contributed by atoms with Crippen LogP contribution in [0.2, 0.25) is 5.02 Å². The summed E-state index contributed by atoms with van der Waals surface area (Å²) in [7, 11) is 0. The number of rotatable bonds is 7. The summed E-state index contributed by atoms with van der Waals surface area (Å²) in [6.07, 6.45) is 0.262. The summed E-state index contributed by atoms with van der Waals surface area (Å²) < 4.78 is 10.9. The largest absolute Gasteiger partial charge is 0.494 e. The van der Waals surface area contributed by atoms with Crippen LogP contribution in [-0.2, 0) is 17.8 Å². The molecule has 0 atom stereocenters. The van der Waals surface area contributed by atoms with Crippen LogP contribution < -0.4 is 10.1 Å². The number of benzene rings is 2. The zero-order chi connectivity index (χ0) is 18.4. The first-order chi connectivity index (χ1) is 12.7. The van der Waals surface area contributed by atoms with Gasteiger partial charge < -0.3 is 14.5 Å². The van der Waals surface area contributed by atoms with E-state index in [-0.39, 0.29) is 18.9 Å². The Morgan fingerprint density at radius 3 is 2.65 bits per heavy atom. The maximum absolute atomic E-state index is 12.1. The topological polar surface area (TPSA) is 77.2 Å². The molecule has 0 saturated carbocycles. The average Bonchev–Trinajstić information content (AvgIpc) is 3.11. The van der Waals surface area contributed by atoms with Crippen LogP contribution in [0.4, 0.5) is 0 Å². The van der Waals surface area contributed by atoms with Gasteiger partial charge in [-0.3, -0.25) is 4.79 Å². The molecule has 1 N–H and O–H groups in total. The second-order valence-electron chi connectivity index (χ2n) is 5.51. The van der Waals surface area contributed by atoms with Gasteiger partial charge in [-0.2, -0.15) is 0 Å². The minimum Gasteiger partial charge on any atom is -0.494 e. The molecule has 134 valence electrons. The van der Waals surface area contributed by atoms with Crippen LogP contribution in [0, 0.1) is 0 Å². The van der Waals surface area contributed by atoms with Crippen LogP contribution in [0.25, 0.3) is 11.5 Å². The summed E-state index contributed by atoms with van der Waals surface area (Å²) >= 11 is 6.11. The molecule has 0 aliphatic rings. The van der Waals surface area contributed by atoms with Crippen LogP contribution in [0.5, 0.6) is 5.75 Å². The third-order valence-electron chi connectivity index (χ3n) is 3.61. The van der Waals surface area contributed by atoms with Crippen LogP contribution in [0.1, 0.15) is 18.4 Å². The van der Waals surface area contributed by atoms with Gasteiger partial charge in [0, 0.05) is 0 Å². The van der Waals surface area contributed by atoms with E-state index in [1.54, 1.807) is 12.1 Å². The van der Waals surface area contributed by atoms with E-state index in [1.165, 1.54) is 0 Å². The first-order valence-electron chi connectivity index (χ1n) is 8.21. The van der Waals surface area contributed by atoms with E-state index in [9.17, 15) is 4.79 Å². The second-order valence-corrected chi connectivity index (χ2v) is 5.92. The highest BCUT2D eigenvalue weighted by Gasteiger charge is 2.12. The summed E-state index contributed by atoms with van der Waals surface area (Å²) in [5.74, 6) is 1.30. The van der Waals surface area contributed by atoms with Crippen molar-refractivity contribution in [1.82, 2.24) is 15.5 Å². The van der Waals surface area contributed by atoms with Crippen LogP contribution in [0.15, 0.2) is 52.9 Å². The monoisotopic (exact) mass is 371 g/mol. The SMILES string of the molecule is CCOc1ccc(CC(=O)NCc2nnc(-c3ccccc3Cl)o2)cc1. The Morgan fingerprint density at radius 1 is 1.15 bits per heavy atom. The van der Waals surface area contributed by atoms with Gasteiger partial charge >= 0.3 is 0 Å². The minimum absolute atomic E-state index is 0.133. The van der Waals surface area contributed by atoms with Crippen molar-refractivity contribution < 1.29 is 13.9 Å². The molecule has 3 rings (SSSR count). The quantitative estimate of drug-likeness (QED) is 0.686. The number of amides is 1. The third kappa shape index (κ3) is 4.61. The van der Waals surface area contributed by atoms with Crippen molar-refractivity contribution in [2.45, 2.75) is 19.9 Å². The van der Waals surface area contributed by atoms with Crippen molar-refractivity contribution >= 4 is 17.5 Å². The number of nitrogens with zero attached hydrogens (tertiary/aromatic N) is 2. The Morgan fingerprint density at radius 2 is 1.92 bits per heavy atom. The third-order valence-corrected chi connectivity index (χ3v) is 3.94. The van der Waals surface area contributed by atoms with Crippen LogP contribution >= 0.6 is 11.6 Å². The summed E-state index contributed by atoms with van der Waals surface area (Å²) in [6, 6.07) is 14.6. The lowest BCUT2D eigenvalue weighted by molar-refractivity contribution is -0.120. The highest BCUT2D eigenvalue weighted by Crippen LogP contribution is 2.26. The first-order valence-corrected chi connectivity index (χ1v) is 8.59. The fourth-order valence-electron chi connectivity index (χ4n) is 2.36. The fraction of sp³-hybridized carbons (Fsp3) is 0.211. The van der Waals surface area contributed by atoms with Gasteiger partial charge in [-0.05, 0) is 36.8 Å². The number of carbonyl (C=O) groups is 1. The zero-order valence-corrected chi connectivity index (χ0v) is 15.0. The maximum Gasteiger partial charge on any atom is 0.249 e. The predicted octanol–water partition coefficient (Wildman–Crippen LogP) is 3.65. The highest BCUT2D eigenvalue weighted by atomic mass is 35.5. The Kier molecular flexibility index (Phi) is 5.86. The first kappa shape index (κ1) is 17.9. The average molecular weight is 372 g/mol. The van der Waals surface area contributed by atoms with Crippen molar-refractivity contribution in [2.24, 2.45) is 0 Å². The van der Waals surface area contributed by atoms with Crippen molar-refractivity contribution in [2.75, 3.05) is 6.61 Å². The van der Waals surface area contributed by atoms with Gasteiger partial charge in [0.05, 0.1) is 30.2 Å². The Bertz CT molecular complexity index is 878.